The standard InChI is InChI=1S/C20H33N3O4/c1-4-19(2,3)14-7-9-20(10-8-14)17(25)23(18(26)22-20)13-16(24)21-12-15-6-5-11-27-15/h14-15H,4-13H2,1-3H3,(H,21,24)(H,22,26)/t14?,15-,20?/m1/s1. The van der Waals surface area contributed by atoms with Crippen molar-refractivity contribution < 1.29 is 19.1 Å². The van der Waals surface area contributed by atoms with Gasteiger partial charge in [0.05, 0.1) is 6.10 Å². The fraction of sp³-hybridized carbons (Fsp3) is 0.850. The van der Waals surface area contributed by atoms with E-state index in [1.54, 1.807) is 0 Å². The van der Waals surface area contributed by atoms with E-state index in [-0.39, 0.29) is 29.9 Å². The van der Waals surface area contributed by atoms with Gasteiger partial charge in [0.1, 0.15) is 12.1 Å². The van der Waals surface area contributed by atoms with Crippen LogP contribution in [0.15, 0.2) is 0 Å². The number of hydrogen-bond donors (Lipinski definition) is 2. The van der Waals surface area contributed by atoms with E-state index in [4.69, 9.17) is 4.74 Å². The number of carbonyl (C=O) groups excluding carboxylic acids is 3. The second-order valence-corrected chi connectivity index (χ2v) is 8.96. The van der Waals surface area contributed by atoms with Crippen molar-refractivity contribution >= 4 is 17.8 Å². The van der Waals surface area contributed by atoms with Crippen LogP contribution >= 0.6 is 0 Å². The van der Waals surface area contributed by atoms with Gasteiger partial charge in [0.2, 0.25) is 5.91 Å². The number of urea groups is 1. The number of rotatable bonds is 6. The number of hydrogen-bond acceptors (Lipinski definition) is 4. The number of imide groups is 1. The van der Waals surface area contributed by atoms with Gasteiger partial charge in [-0.05, 0) is 49.9 Å². The molecule has 2 saturated heterocycles. The van der Waals surface area contributed by atoms with Gasteiger partial charge in [0.15, 0.2) is 0 Å². The number of ether oxygens (including phenoxy) is 1. The van der Waals surface area contributed by atoms with Crippen LogP contribution in [-0.2, 0) is 14.3 Å². The quantitative estimate of drug-likeness (QED) is 0.693. The van der Waals surface area contributed by atoms with Crippen molar-refractivity contribution in [2.24, 2.45) is 11.3 Å². The highest BCUT2D eigenvalue weighted by molar-refractivity contribution is 6.09. The zero-order chi connectivity index (χ0) is 19.7. The number of amides is 4. The fourth-order valence-electron chi connectivity index (χ4n) is 4.57. The van der Waals surface area contributed by atoms with Crippen molar-refractivity contribution in [3.05, 3.63) is 0 Å². The zero-order valence-corrected chi connectivity index (χ0v) is 16.8. The summed E-state index contributed by atoms with van der Waals surface area (Å²) in [6, 6.07) is -0.444. The number of carbonyl (C=O) groups is 3. The monoisotopic (exact) mass is 379 g/mol. The molecule has 0 bridgehead atoms. The molecule has 1 atom stereocenters. The molecular formula is C20H33N3O4. The van der Waals surface area contributed by atoms with Crippen LogP contribution in [0.4, 0.5) is 4.79 Å². The second kappa shape index (κ2) is 7.78. The zero-order valence-electron chi connectivity index (χ0n) is 16.8. The molecule has 0 aromatic carbocycles. The Hall–Kier alpha value is -1.63. The Balaban J connectivity index is 1.54. The lowest BCUT2D eigenvalue weighted by Gasteiger charge is -2.42. The average Bonchev–Trinajstić information content (AvgIpc) is 3.24. The lowest BCUT2D eigenvalue weighted by molar-refractivity contribution is -0.136. The minimum absolute atomic E-state index is 0.0422. The normalized spacial score (nSPS) is 31.4. The molecule has 1 spiro atoms. The molecule has 7 nitrogen and oxygen atoms in total. The Bertz CT molecular complexity index is 590. The summed E-state index contributed by atoms with van der Waals surface area (Å²) in [4.78, 5) is 38.6. The molecule has 7 heteroatoms. The smallest absolute Gasteiger partial charge is 0.325 e. The topological polar surface area (TPSA) is 87.7 Å². The fourth-order valence-corrected chi connectivity index (χ4v) is 4.57. The van der Waals surface area contributed by atoms with Crippen LogP contribution in [0, 0.1) is 11.3 Å². The van der Waals surface area contributed by atoms with Crippen LogP contribution in [0.3, 0.4) is 0 Å². The SMILES string of the molecule is CCC(C)(C)C1CCC2(CC1)NC(=O)N(CC(=O)NC[C@H]1CCCO1)C2=O. The van der Waals surface area contributed by atoms with E-state index >= 15 is 0 Å². The van der Waals surface area contributed by atoms with Gasteiger partial charge in [0.25, 0.3) is 5.91 Å². The van der Waals surface area contributed by atoms with Crippen LogP contribution in [0.1, 0.15) is 65.7 Å². The summed E-state index contributed by atoms with van der Waals surface area (Å²) in [7, 11) is 0. The molecule has 2 N–H and O–H groups in total. The lowest BCUT2D eigenvalue weighted by atomic mass is 9.65. The van der Waals surface area contributed by atoms with Crippen LogP contribution in [-0.4, -0.2) is 54.1 Å². The van der Waals surface area contributed by atoms with Crippen molar-refractivity contribution in [2.45, 2.75) is 77.4 Å². The first-order chi connectivity index (χ1) is 12.8. The molecule has 1 aliphatic carbocycles. The van der Waals surface area contributed by atoms with Crippen LogP contribution in [0.5, 0.6) is 0 Å². The summed E-state index contributed by atoms with van der Waals surface area (Å²) in [6.07, 6.45) is 6.23. The lowest BCUT2D eigenvalue weighted by Crippen LogP contribution is -2.51. The highest BCUT2D eigenvalue weighted by atomic mass is 16.5. The predicted molar refractivity (Wildman–Crippen MR) is 101 cm³/mol. The molecule has 4 amide bonds. The molecule has 3 fully saturated rings. The maximum atomic E-state index is 13.0. The Labute approximate surface area is 161 Å². The Morgan fingerprint density at radius 2 is 2.00 bits per heavy atom. The summed E-state index contributed by atoms with van der Waals surface area (Å²) in [6.45, 7) is 7.69. The number of nitrogens with zero attached hydrogens (tertiary/aromatic N) is 1. The minimum Gasteiger partial charge on any atom is -0.376 e. The Kier molecular flexibility index (Phi) is 5.79. The predicted octanol–water partition coefficient (Wildman–Crippen LogP) is 2.20. The summed E-state index contributed by atoms with van der Waals surface area (Å²) >= 11 is 0. The molecule has 3 rings (SSSR count). The third-order valence-electron chi connectivity index (χ3n) is 6.95. The molecule has 0 radical (unpaired) electrons. The van der Waals surface area contributed by atoms with Gasteiger partial charge in [-0.1, -0.05) is 27.2 Å². The van der Waals surface area contributed by atoms with Crippen molar-refractivity contribution in [3.63, 3.8) is 0 Å². The Morgan fingerprint density at radius 3 is 2.59 bits per heavy atom. The first-order valence-corrected chi connectivity index (χ1v) is 10.3. The third kappa shape index (κ3) is 4.13. The highest BCUT2D eigenvalue weighted by Gasteiger charge is 2.53. The summed E-state index contributed by atoms with van der Waals surface area (Å²) in [5, 5.41) is 5.68. The van der Waals surface area contributed by atoms with Gasteiger partial charge in [-0.15, -0.1) is 0 Å². The molecule has 0 aromatic rings. The maximum absolute atomic E-state index is 13.0. The maximum Gasteiger partial charge on any atom is 0.325 e. The second-order valence-electron chi connectivity index (χ2n) is 8.96. The van der Waals surface area contributed by atoms with E-state index in [9.17, 15) is 14.4 Å². The minimum atomic E-state index is -0.813. The van der Waals surface area contributed by atoms with Gasteiger partial charge in [-0.2, -0.15) is 0 Å². The van der Waals surface area contributed by atoms with Crippen molar-refractivity contribution in [3.8, 4) is 0 Å². The highest BCUT2D eigenvalue weighted by Crippen LogP contribution is 2.45. The van der Waals surface area contributed by atoms with E-state index in [1.165, 1.54) is 0 Å². The van der Waals surface area contributed by atoms with Gasteiger partial charge >= 0.3 is 6.03 Å². The van der Waals surface area contributed by atoms with E-state index < -0.39 is 11.6 Å². The van der Waals surface area contributed by atoms with Crippen molar-refractivity contribution in [1.29, 1.82) is 0 Å². The number of nitrogens with one attached hydrogen (secondary N) is 2. The van der Waals surface area contributed by atoms with Gasteiger partial charge in [-0.3, -0.25) is 14.5 Å². The van der Waals surface area contributed by atoms with E-state index in [0.29, 0.717) is 25.3 Å². The third-order valence-corrected chi connectivity index (χ3v) is 6.95. The van der Waals surface area contributed by atoms with Crippen LogP contribution in [0.2, 0.25) is 0 Å². The molecular weight excluding hydrogens is 346 g/mol. The molecule has 27 heavy (non-hydrogen) atoms. The first kappa shape index (κ1) is 20.1. The summed E-state index contributed by atoms with van der Waals surface area (Å²) < 4.78 is 5.48. The largest absolute Gasteiger partial charge is 0.376 e. The van der Waals surface area contributed by atoms with Crippen molar-refractivity contribution in [1.82, 2.24) is 15.5 Å². The van der Waals surface area contributed by atoms with Crippen molar-refractivity contribution in [2.75, 3.05) is 19.7 Å². The molecule has 152 valence electrons. The molecule has 2 aliphatic heterocycles. The van der Waals surface area contributed by atoms with Crippen LogP contribution < -0.4 is 10.6 Å². The molecule has 2 heterocycles. The van der Waals surface area contributed by atoms with Gasteiger partial charge in [0, 0.05) is 13.2 Å². The molecule has 0 unspecified atom stereocenters. The van der Waals surface area contributed by atoms with Gasteiger partial charge < -0.3 is 15.4 Å². The van der Waals surface area contributed by atoms with Gasteiger partial charge in [-0.25, -0.2) is 4.79 Å². The first-order valence-electron chi connectivity index (χ1n) is 10.3. The molecule has 1 saturated carbocycles. The van der Waals surface area contributed by atoms with E-state index in [0.717, 1.165) is 43.6 Å². The van der Waals surface area contributed by atoms with E-state index in [1.807, 2.05) is 0 Å². The Morgan fingerprint density at radius 1 is 1.30 bits per heavy atom. The summed E-state index contributed by atoms with van der Waals surface area (Å²) in [5.41, 5.74) is -0.568. The average molecular weight is 380 g/mol. The van der Waals surface area contributed by atoms with Crippen LogP contribution in [0.25, 0.3) is 0 Å². The molecule has 3 aliphatic rings. The summed E-state index contributed by atoms with van der Waals surface area (Å²) in [5.74, 6) is 0.000889. The van der Waals surface area contributed by atoms with E-state index in [2.05, 4.69) is 31.4 Å². The molecule has 0 aromatic heterocycles.